The molecule has 2 aromatic carbocycles. The first kappa shape index (κ1) is 17.6. The number of benzene rings is 2. The molecule has 0 aliphatic carbocycles. The highest BCUT2D eigenvalue weighted by Gasteiger charge is 2.30. The zero-order valence-corrected chi connectivity index (χ0v) is 14.4. The summed E-state index contributed by atoms with van der Waals surface area (Å²) in [6.07, 6.45) is 0.284. The Kier molecular flexibility index (Phi) is 5.15. The zero-order chi connectivity index (χ0) is 17.9. The molecule has 7 heteroatoms. The Morgan fingerprint density at radius 2 is 1.76 bits per heavy atom. The van der Waals surface area contributed by atoms with Gasteiger partial charge in [-0.25, -0.2) is 17.5 Å². The average molecular weight is 362 g/mol. The molecule has 1 atom stereocenters. The Balaban J connectivity index is 1.59. The van der Waals surface area contributed by atoms with Crippen molar-refractivity contribution >= 4 is 15.9 Å². The lowest BCUT2D eigenvalue weighted by Crippen LogP contribution is -2.31. The molecule has 3 rings (SSSR count). The molecule has 132 valence electrons. The lowest BCUT2D eigenvalue weighted by molar-refractivity contribution is -0.128. The highest BCUT2D eigenvalue weighted by molar-refractivity contribution is 7.89. The molecule has 25 heavy (non-hydrogen) atoms. The molecule has 0 radical (unpaired) electrons. The lowest BCUT2D eigenvalue weighted by atomic mass is 10.1. The molecule has 1 saturated heterocycles. The molecule has 1 aliphatic heterocycles. The molecule has 0 spiro atoms. The molecule has 1 unspecified atom stereocenters. The highest BCUT2D eigenvalue weighted by Crippen LogP contribution is 2.21. The van der Waals surface area contributed by atoms with E-state index in [1.165, 1.54) is 18.2 Å². The van der Waals surface area contributed by atoms with E-state index in [4.69, 9.17) is 0 Å². The van der Waals surface area contributed by atoms with Crippen LogP contribution in [0.15, 0.2) is 59.5 Å². The number of hydrogen-bond acceptors (Lipinski definition) is 3. The van der Waals surface area contributed by atoms with E-state index >= 15 is 0 Å². The van der Waals surface area contributed by atoms with Gasteiger partial charge in [-0.1, -0.05) is 42.5 Å². The molecule has 1 aliphatic rings. The van der Waals surface area contributed by atoms with Crippen LogP contribution in [0, 0.1) is 11.7 Å². The van der Waals surface area contributed by atoms with Gasteiger partial charge in [-0.3, -0.25) is 4.79 Å². The minimum Gasteiger partial charge on any atom is -0.338 e. The second-order valence-corrected chi connectivity index (χ2v) is 7.85. The number of nitrogens with one attached hydrogen (secondary N) is 1. The van der Waals surface area contributed by atoms with Crippen LogP contribution in [-0.4, -0.2) is 32.3 Å². The number of halogens is 1. The molecule has 1 fully saturated rings. The van der Waals surface area contributed by atoms with Gasteiger partial charge >= 0.3 is 0 Å². The van der Waals surface area contributed by atoms with Crippen LogP contribution in [-0.2, 0) is 21.4 Å². The molecule has 1 amide bonds. The number of hydrogen-bond donors (Lipinski definition) is 1. The third kappa shape index (κ3) is 4.24. The van der Waals surface area contributed by atoms with Crippen molar-refractivity contribution in [2.24, 2.45) is 5.92 Å². The van der Waals surface area contributed by atoms with E-state index in [1.807, 2.05) is 30.3 Å². The maximum absolute atomic E-state index is 13.7. The number of nitrogens with zero attached hydrogens (tertiary/aromatic N) is 1. The number of likely N-dealkylation sites (tertiary alicyclic amines) is 1. The number of amides is 1. The van der Waals surface area contributed by atoms with Crippen LogP contribution < -0.4 is 4.72 Å². The van der Waals surface area contributed by atoms with Crippen molar-refractivity contribution in [2.45, 2.75) is 17.9 Å². The SMILES string of the molecule is O=C1CC(CNS(=O)(=O)c2ccccc2F)CN1Cc1ccccc1. The summed E-state index contributed by atoms with van der Waals surface area (Å²) in [5.74, 6) is -0.917. The maximum Gasteiger partial charge on any atom is 0.243 e. The molecule has 5 nitrogen and oxygen atoms in total. The summed E-state index contributed by atoms with van der Waals surface area (Å²) in [4.78, 5) is 13.5. The maximum atomic E-state index is 13.7. The van der Waals surface area contributed by atoms with Gasteiger partial charge in [0.25, 0.3) is 0 Å². The number of sulfonamides is 1. The molecule has 0 aromatic heterocycles. The molecular weight excluding hydrogens is 343 g/mol. The third-order valence-corrected chi connectivity index (χ3v) is 5.66. The fraction of sp³-hybridized carbons (Fsp3) is 0.278. The van der Waals surface area contributed by atoms with Crippen LogP contribution in [0.3, 0.4) is 0 Å². The van der Waals surface area contributed by atoms with Crippen molar-refractivity contribution in [3.8, 4) is 0 Å². The first-order valence-electron chi connectivity index (χ1n) is 8.01. The smallest absolute Gasteiger partial charge is 0.243 e. The molecule has 0 saturated carbocycles. The quantitative estimate of drug-likeness (QED) is 0.856. The topological polar surface area (TPSA) is 66.5 Å². The fourth-order valence-electron chi connectivity index (χ4n) is 2.92. The minimum absolute atomic E-state index is 0.000979. The second kappa shape index (κ2) is 7.33. The predicted octanol–water partition coefficient (Wildman–Crippen LogP) is 2.15. The summed E-state index contributed by atoms with van der Waals surface area (Å²) >= 11 is 0. The van der Waals surface area contributed by atoms with E-state index in [0.29, 0.717) is 13.1 Å². The Bertz CT molecular complexity index is 856. The van der Waals surface area contributed by atoms with Crippen molar-refractivity contribution in [1.29, 1.82) is 0 Å². The first-order chi connectivity index (χ1) is 12.0. The van der Waals surface area contributed by atoms with Gasteiger partial charge in [0.05, 0.1) is 0 Å². The number of carbonyl (C=O) groups is 1. The van der Waals surface area contributed by atoms with E-state index in [2.05, 4.69) is 4.72 Å². The van der Waals surface area contributed by atoms with Crippen molar-refractivity contribution in [1.82, 2.24) is 9.62 Å². The van der Waals surface area contributed by atoms with Crippen LogP contribution in [0.4, 0.5) is 4.39 Å². The van der Waals surface area contributed by atoms with Gasteiger partial charge in [-0.2, -0.15) is 0 Å². The normalized spacial score (nSPS) is 17.9. The second-order valence-electron chi connectivity index (χ2n) is 6.11. The van der Waals surface area contributed by atoms with Gasteiger partial charge in [0.15, 0.2) is 0 Å². The largest absolute Gasteiger partial charge is 0.338 e. The Morgan fingerprint density at radius 3 is 2.48 bits per heavy atom. The van der Waals surface area contributed by atoms with Crippen molar-refractivity contribution < 1.29 is 17.6 Å². The summed E-state index contributed by atoms with van der Waals surface area (Å²) < 4.78 is 40.5. The summed E-state index contributed by atoms with van der Waals surface area (Å²) in [5.41, 5.74) is 1.03. The highest BCUT2D eigenvalue weighted by atomic mass is 32.2. The lowest BCUT2D eigenvalue weighted by Gasteiger charge is -2.17. The summed E-state index contributed by atoms with van der Waals surface area (Å²) in [6, 6.07) is 14.9. The van der Waals surface area contributed by atoms with E-state index in [0.717, 1.165) is 11.6 Å². The van der Waals surface area contributed by atoms with E-state index in [1.54, 1.807) is 4.90 Å². The van der Waals surface area contributed by atoms with E-state index < -0.39 is 15.8 Å². The van der Waals surface area contributed by atoms with Gasteiger partial charge in [0.2, 0.25) is 15.9 Å². The van der Waals surface area contributed by atoms with Gasteiger partial charge in [0.1, 0.15) is 10.7 Å². The number of carbonyl (C=O) groups excluding carboxylic acids is 1. The van der Waals surface area contributed by atoms with Crippen molar-refractivity contribution in [3.05, 3.63) is 66.0 Å². The van der Waals surface area contributed by atoms with Gasteiger partial charge in [-0.05, 0) is 23.6 Å². The Morgan fingerprint density at radius 1 is 1.08 bits per heavy atom. The van der Waals surface area contributed by atoms with Gasteiger partial charge in [0, 0.05) is 26.1 Å². The first-order valence-corrected chi connectivity index (χ1v) is 9.50. The minimum atomic E-state index is -3.93. The molecule has 1 N–H and O–H groups in total. The Hall–Kier alpha value is -2.25. The summed E-state index contributed by atoms with van der Waals surface area (Å²) in [7, 11) is -3.93. The fourth-order valence-corrected chi connectivity index (χ4v) is 4.11. The number of rotatable bonds is 6. The van der Waals surface area contributed by atoms with Crippen LogP contribution in [0.5, 0.6) is 0 Å². The van der Waals surface area contributed by atoms with Crippen molar-refractivity contribution in [3.63, 3.8) is 0 Å². The molecule has 0 bridgehead atoms. The standard InChI is InChI=1S/C18H19FN2O3S/c19-16-8-4-5-9-17(16)25(23,24)20-11-15-10-18(22)21(13-15)12-14-6-2-1-3-7-14/h1-9,15,20H,10-13H2. The van der Waals surface area contributed by atoms with Crippen LogP contribution in [0.1, 0.15) is 12.0 Å². The summed E-state index contributed by atoms with van der Waals surface area (Å²) in [5, 5.41) is 0. The summed E-state index contributed by atoms with van der Waals surface area (Å²) in [6.45, 7) is 1.09. The van der Waals surface area contributed by atoms with Crippen LogP contribution in [0.25, 0.3) is 0 Å². The van der Waals surface area contributed by atoms with Crippen LogP contribution >= 0.6 is 0 Å². The Labute approximate surface area is 146 Å². The zero-order valence-electron chi connectivity index (χ0n) is 13.6. The van der Waals surface area contributed by atoms with E-state index in [-0.39, 0.29) is 29.7 Å². The molecule has 1 heterocycles. The molecular formula is C18H19FN2O3S. The average Bonchev–Trinajstić information content (AvgIpc) is 2.94. The third-order valence-electron chi connectivity index (χ3n) is 4.20. The van der Waals surface area contributed by atoms with Crippen LogP contribution in [0.2, 0.25) is 0 Å². The van der Waals surface area contributed by atoms with E-state index in [9.17, 15) is 17.6 Å². The van der Waals surface area contributed by atoms with Gasteiger partial charge < -0.3 is 4.90 Å². The van der Waals surface area contributed by atoms with Crippen molar-refractivity contribution in [2.75, 3.05) is 13.1 Å². The van der Waals surface area contributed by atoms with Gasteiger partial charge in [-0.15, -0.1) is 0 Å². The predicted molar refractivity (Wildman–Crippen MR) is 91.6 cm³/mol. The monoisotopic (exact) mass is 362 g/mol. The molecule has 2 aromatic rings.